The van der Waals surface area contributed by atoms with Gasteiger partial charge in [0.15, 0.2) is 0 Å². The highest BCUT2D eigenvalue weighted by Crippen LogP contribution is 2.29. The zero-order valence-corrected chi connectivity index (χ0v) is 20.7. The van der Waals surface area contributed by atoms with Crippen molar-refractivity contribution in [3.8, 4) is 11.5 Å². The van der Waals surface area contributed by atoms with Crippen LogP contribution in [0, 0.1) is 5.92 Å². The van der Waals surface area contributed by atoms with Crippen molar-refractivity contribution in [1.29, 1.82) is 0 Å². The molecule has 1 N–H and O–H groups in total. The van der Waals surface area contributed by atoms with Gasteiger partial charge in [0.25, 0.3) is 5.91 Å². The number of thiophene rings is 1. The Labute approximate surface area is 208 Å². The van der Waals surface area contributed by atoms with Crippen molar-refractivity contribution in [2.75, 3.05) is 27.3 Å². The van der Waals surface area contributed by atoms with Crippen LogP contribution in [0.1, 0.15) is 39.7 Å². The van der Waals surface area contributed by atoms with E-state index in [1.165, 1.54) is 0 Å². The first-order valence-electron chi connectivity index (χ1n) is 11.1. The smallest absolute Gasteiger partial charge is 0.254 e. The molecule has 2 amide bonds. The summed E-state index contributed by atoms with van der Waals surface area (Å²) in [7, 11) is 3.11. The van der Waals surface area contributed by atoms with E-state index in [9.17, 15) is 9.59 Å². The Kier molecular flexibility index (Phi) is 7.75. The van der Waals surface area contributed by atoms with Crippen LogP contribution in [0.5, 0.6) is 11.5 Å². The van der Waals surface area contributed by atoms with Gasteiger partial charge in [-0.2, -0.15) is 0 Å². The fourth-order valence-corrected chi connectivity index (χ4v) is 5.08. The van der Waals surface area contributed by atoms with E-state index in [2.05, 4.69) is 5.32 Å². The summed E-state index contributed by atoms with van der Waals surface area (Å²) in [6.07, 6.45) is 1.22. The van der Waals surface area contributed by atoms with E-state index in [0.717, 1.165) is 10.4 Å². The third-order valence-electron chi connectivity index (χ3n) is 6.07. The fourth-order valence-electron chi connectivity index (χ4n) is 4.15. The predicted octanol–water partition coefficient (Wildman–Crippen LogP) is 5.18. The third-order valence-corrected chi connectivity index (χ3v) is 7.26. The minimum absolute atomic E-state index is 0.00324. The first-order valence-corrected chi connectivity index (χ1v) is 12.4. The van der Waals surface area contributed by atoms with E-state index in [1.807, 2.05) is 41.8 Å². The lowest BCUT2D eigenvalue weighted by molar-refractivity contribution is -0.126. The summed E-state index contributed by atoms with van der Waals surface area (Å²) in [4.78, 5) is 29.1. The van der Waals surface area contributed by atoms with Gasteiger partial charge in [-0.3, -0.25) is 9.59 Å². The van der Waals surface area contributed by atoms with Gasteiger partial charge in [0.2, 0.25) is 5.91 Å². The fraction of sp³-hybridized carbons (Fsp3) is 0.308. The maximum Gasteiger partial charge on any atom is 0.254 e. The predicted molar refractivity (Wildman–Crippen MR) is 134 cm³/mol. The zero-order valence-electron chi connectivity index (χ0n) is 19.1. The first-order chi connectivity index (χ1) is 16.5. The lowest BCUT2D eigenvalue weighted by Gasteiger charge is -2.32. The van der Waals surface area contributed by atoms with Crippen LogP contribution in [0.15, 0.2) is 60.0 Å². The normalized spacial score (nSPS) is 15.0. The van der Waals surface area contributed by atoms with Gasteiger partial charge >= 0.3 is 0 Å². The number of benzene rings is 2. The molecule has 0 aliphatic carbocycles. The number of nitrogens with zero attached hydrogens (tertiary/aromatic N) is 1. The van der Waals surface area contributed by atoms with Crippen molar-refractivity contribution in [3.63, 3.8) is 0 Å². The Morgan fingerprint density at radius 1 is 1.03 bits per heavy atom. The number of carbonyl (C=O) groups is 2. The van der Waals surface area contributed by atoms with Gasteiger partial charge in [0.1, 0.15) is 11.5 Å². The molecule has 4 rings (SSSR count). The van der Waals surface area contributed by atoms with E-state index in [1.54, 1.807) is 48.7 Å². The Morgan fingerprint density at radius 2 is 1.68 bits per heavy atom. The van der Waals surface area contributed by atoms with Crippen LogP contribution < -0.4 is 14.8 Å². The van der Waals surface area contributed by atoms with Crippen molar-refractivity contribution in [2.45, 2.75) is 18.9 Å². The van der Waals surface area contributed by atoms with Crippen molar-refractivity contribution in [1.82, 2.24) is 10.2 Å². The van der Waals surface area contributed by atoms with Gasteiger partial charge in [-0.1, -0.05) is 29.8 Å². The quantitative estimate of drug-likeness (QED) is 0.487. The highest BCUT2D eigenvalue weighted by molar-refractivity contribution is 7.10. The van der Waals surface area contributed by atoms with Gasteiger partial charge in [-0.15, -0.1) is 11.3 Å². The molecule has 1 aliphatic heterocycles. The van der Waals surface area contributed by atoms with Gasteiger partial charge in [-0.25, -0.2) is 0 Å². The van der Waals surface area contributed by atoms with Gasteiger partial charge < -0.3 is 19.7 Å². The molecule has 178 valence electrons. The van der Waals surface area contributed by atoms with Crippen LogP contribution in [-0.2, 0) is 4.79 Å². The van der Waals surface area contributed by atoms with E-state index in [-0.39, 0.29) is 23.8 Å². The molecule has 1 fully saturated rings. The van der Waals surface area contributed by atoms with Crippen LogP contribution in [0.2, 0.25) is 5.02 Å². The maximum atomic E-state index is 13.2. The molecule has 1 aromatic heterocycles. The number of nitrogens with one attached hydrogen (secondary N) is 1. The molecule has 6 nitrogen and oxygen atoms in total. The molecule has 0 spiro atoms. The molecule has 0 bridgehead atoms. The Morgan fingerprint density at radius 3 is 2.24 bits per heavy atom. The molecule has 0 saturated carbocycles. The topological polar surface area (TPSA) is 67.9 Å². The van der Waals surface area contributed by atoms with Crippen molar-refractivity contribution < 1.29 is 19.1 Å². The number of hydrogen-bond donors (Lipinski definition) is 1. The van der Waals surface area contributed by atoms with Gasteiger partial charge in [0.05, 0.1) is 20.3 Å². The average Bonchev–Trinajstić information content (AvgIpc) is 3.42. The lowest BCUT2D eigenvalue weighted by Crippen LogP contribution is -2.43. The second-order valence-electron chi connectivity index (χ2n) is 8.18. The van der Waals surface area contributed by atoms with E-state index in [0.29, 0.717) is 48.0 Å². The number of rotatable bonds is 7. The highest BCUT2D eigenvalue weighted by Gasteiger charge is 2.30. The van der Waals surface area contributed by atoms with Gasteiger partial charge in [0, 0.05) is 40.5 Å². The van der Waals surface area contributed by atoms with Crippen LogP contribution in [0.25, 0.3) is 0 Å². The summed E-state index contributed by atoms with van der Waals surface area (Å²) >= 11 is 7.66. The number of amides is 2. The molecule has 8 heteroatoms. The molecule has 34 heavy (non-hydrogen) atoms. The number of halogens is 1. The summed E-state index contributed by atoms with van der Waals surface area (Å²) in [5.74, 6) is 0.897. The minimum Gasteiger partial charge on any atom is -0.497 e. The van der Waals surface area contributed by atoms with E-state index >= 15 is 0 Å². The largest absolute Gasteiger partial charge is 0.497 e. The second kappa shape index (κ2) is 10.9. The standard InChI is InChI=1S/C26H27ClN2O4S/c1-32-21-14-19(15-22(16-21)33-2)26(31)29-11-9-18(10-12-29)25(30)28-24(23-4-3-13-34-23)17-5-7-20(27)8-6-17/h3-8,13-16,18,24H,9-12H2,1-2H3,(H,28,30). The highest BCUT2D eigenvalue weighted by atomic mass is 35.5. The summed E-state index contributed by atoms with van der Waals surface area (Å²) in [5.41, 5.74) is 1.50. The minimum atomic E-state index is -0.228. The number of carbonyl (C=O) groups excluding carboxylic acids is 2. The third kappa shape index (κ3) is 5.54. The molecule has 1 aliphatic rings. The number of methoxy groups -OCH3 is 2. The zero-order chi connectivity index (χ0) is 24.1. The summed E-state index contributed by atoms with van der Waals surface area (Å²) < 4.78 is 10.6. The molecule has 1 saturated heterocycles. The number of hydrogen-bond acceptors (Lipinski definition) is 5. The second-order valence-corrected chi connectivity index (χ2v) is 9.59. The molecule has 1 atom stereocenters. The number of ether oxygens (including phenoxy) is 2. The lowest BCUT2D eigenvalue weighted by atomic mass is 9.94. The summed E-state index contributed by atoms with van der Waals surface area (Å²) in [6.45, 7) is 1.03. The monoisotopic (exact) mass is 498 g/mol. The molecule has 2 heterocycles. The number of likely N-dealkylation sites (tertiary alicyclic amines) is 1. The van der Waals surface area contributed by atoms with E-state index < -0.39 is 0 Å². The van der Waals surface area contributed by atoms with Crippen LogP contribution in [-0.4, -0.2) is 44.0 Å². The van der Waals surface area contributed by atoms with Gasteiger partial charge in [-0.05, 0) is 54.1 Å². The first kappa shape index (κ1) is 24.1. The molecule has 0 radical (unpaired) electrons. The van der Waals surface area contributed by atoms with Crippen molar-refractivity contribution >= 4 is 34.8 Å². The molecule has 1 unspecified atom stereocenters. The van der Waals surface area contributed by atoms with Crippen LogP contribution in [0.4, 0.5) is 0 Å². The Hall–Kier alpha value is -3.03. The summed E-state index contributed by atoms with van der Waals surface area (Å²) in [6, 6.07) is 16.5. The average molecular weight is 499 g/mol. The molecular formula is C26H27ClN2O4S. The maximum absolute atomic E-state index is 13.2. The number of piperidine rings is 1. The van der Waals surface area contributed by atoms with Crippen molar-refractivity contribution in [3.05, 3.63) is 81.0 Å². The molecule has 2 aromatic carbocycles. The summed E-state index contributed by atoms with van der Waals surface area (Å²) in [5, 5.41) is 5.88. The van der Waals surface area contributed by atoms with E-state index in [4.69, 9.17) is 21.1 Å². The van der Waals surface area contributed by atoms with Crippen molar-refractivity contribution in [2.24, 2.45) is 5.92 Å². The Balaban J connectivity index is 1.41. The SMILES string of the molecule is COc1cc(OC)cc(C(=O)N2CCC(C(=O)NC(c3ccc(Cl)cc3)c3cccs3)CC2)c1. The Bertz CT molecular complexity index is 1100. The molecule has 3 aromatic rings. The van der Waals surface area contributed by atoms with Crippen LogP contribution >= 0.6 is 22.9 Å². The molecular weight excluding hydrogens is 472 g/mol. The van der Waals surface area contributed by atoms with Crippen LogP contribution in [0.3, 0.4) is 0 Å².